The minimum absolute atomic E-state index is 0.0196. The van der Waals surface area contributed by atoms with Crippen LogP contribution >= 0.6 is 11.3 Å². The van der Waals surface area contributed by atoms with Crippen molar-refractivity contribution in [2.45, 2.75) is 32.4 Å². The lowest BCUT2D eigenvalue weighted by Crippen LogP contribution is -2.42. The summed E-state index contributed by atoms with van der Waals surface area (Å²) in [6.07, 6.45) is 4.83. The van der Waals surface area contributed by atoms with Crippen molar-refractivity contribution in [2.24, 2.45) is 0 Å². The third-order valence-electron chi connectivity index (χ3n) is 3.89. The van der Waals surface area contributed by atoms with E-state index in [0.29, 0.717) is 0 Å². The monoisotopic (exact) mass is 303 g/mol. The van der Waals surface area contributed by atoms with Gasteiger partial charge in [-0.1, -0.05) is 6.92 Å². The number of hydrogen-bond donors (Lipinski definition) is 0. The van der Waals surface area contributed by atoms with Crippen LogP contribution in [0.15, 0.2) is 34.7 Å². The standard InChI is InChI=1S/C15H17N3O2S/c1-2-12-11-5-9-21-13(11)4-8-18(12)14(19)10-17-7-3-6-16-15(17)20/h3,5-7,9,12H,2,4,8,10H2,1H3/t12-/m1/s1. The Morgan fingerprint density at radius 1 is 1.52 bits per heavy atom. The van der Waals surface area contributed by atoms with Gasteiger partial charge in [0.05, 0.1) is 6.04 Å². The van der Waals surface area contributed by atoms with E-state index in [1.165, 1.54) is 21.2 Å². The molecule has 3 heterocycles. The molecule has 21 heavy (non-hydrogen) atoms. The number of fused-ring (bicyclic) bond motifs is 1. The number of hydrogen-bond acceptors (Lipinski definition) is 4. The van der Waals surface area contributed by atoms with Crippen molar-refractivity contribution in [1.29, 1.82) is 0 Å². The first-order chi connectivity index (χ1) is 10.2. The van der Waals surface area contributed by atoms with Crippen LogP contribution in [0.4, 0.5) is 0 Å². The molecular formula is C15H17N3O2S. The number of aromatic nitrogens is 2. The lowest BCUT2D eigenvalue weighted by molar-refractivity contribution is -0.135. The first-order valence-corrected chi connectivity index (χ1v) is 7.96. The highest BCUT2D eigenvalue weighted by molar-refractivity contribution is 7.10. The molecule has 0 N–H and O–H groups in total. The molecule has 0 saturated heterocycles. The van der Waals surface area contributed by atoms with Crippen LogP contribution < -0.4 is 5.69 Å². The van der Waals surface area contributed by atoms with E-state index in [2.05, 4.69) is 23.4 Å². The highest BCUT2D eigenvalue weighted by atomic mass is 32.1. The average Bonchev–Trinajstić information content (AvgIpc) is 2.97. The molecule has 6 heteroatoms. The van der Waals surface area contributed by atoms with E-state index in [1.807, 2.05) is 4.90 Å². The molecule has 2 aromatic rings. The number of nitrogens with zero attached hydrogens (tertiary/aromatic N) is 3. The molecule has 1 amide bonds. The maximum absolute atomic E-state index is 12.6. The van der Waals surface area contributed by atoms with Gasteiger partial charge in [-0.25, -0.2) is 9.78 Å². The fourth-order valence-electron chi connectivity index (χ4n) is 2.88. The first-order valence-electron chi connectivity index (χ1n) is 7.08. The highest BCUT2D eigenvalue weighted by Gasteiger charge is 2.30. The molecule has 5 nitrogen and oxygen atoms in total. The average molecular weight is 303 g/mol. The van der Waals surface area contributed by atoms with Crippen LogP contribution in [0.3, 0.4) is 0 Å². The van der Waals surface area contributed by atoms with E-state index in [-0.39, 0.29) is 24.2 Å². The Hall–Kier alpha value is -1.95. The Morgan fingerprint density at radius 2 is 2.38 bits per heavy atom. The molecule has 2 aromatic heterocycles. The number of thiophene rings is 1. The van der Waals surface area contributed by atoms with Gasteiger partial charge in [0.15, 0.2) is 0 Å². The zero-order chi connectivity index (χ0) is 14.8. The van der Waals surface area contributed by atoms with Crippen LogP contribution in [0.25, 0.3) is 0 Å². The van der Waals surface area contributed by atoms with E-state index in [4.69, 9.17) is 0 Å². The summed E-state index contributed by atoms with van der Waals surface area (Å²) in [5, 5.41) is 2.09. The maximum atomic E-state index is 12.6. The summed E-state index contributed by atoms with van der Waals surface area (Å²) in [4.78, 5) is 31.1. The molecule has 0 bridgehead atoms. The lowest BCUT2D eigenvalue weighted by atomic mass is 9.98. The Labute approximate surface area is 126 Å². The van der Waals surface area contributed by atoms with E-state index in [1.54, 1.807) is 23.6 Å². The summed E-state index contributed by atoms with van der Waals surface area (Å²) < 4.78 is 1.36. The number of carbonyl (C=O) groups is 1. The summed E-state index contributed by atoms with van der Waals surface area (Å²) in [7, 11) is 0. The summed E-state index contributed by atoms with van der Waals surface area (Å²) >= 11 is 1.76. The zero-order valence-electron chi connectivity index (χ0n) is 11.9. The van der Waals surface area contributed by atoms with Crippen molar-refractivity contribution < 1.29 is 4.79 Å². The molecule has 0 spiro atoms. The molecule has 0 aromatic carbocycles. The van der Waals surface area contributed by atoms with Gasteiger partial charge in [0, 0.05) is 23.8 Å². The molecule has 0 fully saturated rings. The van der Waals surface area contributed by atoms with Crippen molar-refractivity contribution in [3.8, 4) is 0 Å². The summed E-state index contributed by atoms with van der Waals surface area (Å²) in [5.41, 5.74) is 0.882. The van der Waals surface area contributed by atoms with Crippen LogP contribution in [0.5, 0.6) is 0 Å². The fraction of sp³-hybridized carbons (Fsp3) is 0.400. The minimum atomic E-state index is -0.382. The van der Waals surface area contributed by atoms with Gasteiger partial charge >= 0.3 is 5.69 Å². The molecular weight excluding hydrogens is 286 g/mol. The van der Waals surface area contributed by atoms with Crippen molar-refractivity contribution in [1.82, 2.24) is 14.5 Å². The topological polar surface area (TPSA) is 55.2 Å². The lowest BCUT2D eigenvalue weighted by Gasteiger charge is -2.35. The van der Waals surface area contributed by atoms with E-state index in [0.717, 1.165) is 19.4 Å². The molecule has 0 aliphatic carbocycles. The summed E-state index contributed by atoms with van der Waals surface area (Å²) in [6.45, 7) is 2.87. The second-order valence-electron chi connectivity index (χ2n) is 5.09. The van der Waals surface area contributed by atoms with Crippen molar-refractivity contribution in [3.05, 3.63) is 50.8 Å². The van der Waals surface area contributed by atoms with Crippen LogP contribution in [0.2, 0.25) is 0 Å². The number of carbonyl (C=O) groups excluding carboxylic acids is 1. The van der Waals surface area contributed by atoms with Crippen LogP contribution in [-0.4, -0.2) is 26.9 Å². The predicted octanol–water partition coefficient (Wildman–Crippen LogP) is 1.84. The second kappa shape index (κ2) is 5.81. The Kier molecular flexibility index (Phi) is 3.88. The fourth-order valence-corrected chi connectivity index (χ4v) is 3.81. The van der Waals surface area contributed by atoms with E-state index in [9.17, 15) is 9.59 Å². The number of rotatable bonds is 3. The second-order valence-corrected chi connectivity index (χ2v) is 6.09. The molecule has 0 radical (unpaired) electrons. The highest BCUT2D eigenvalue weighted by Crippen LogP contribution is 2.35. The van der Waals surface area contributed by atoms with Gasteiger partial charge in [0.2, 0.25) is 5.91 Å². The minimum Gasteiger partial charge on any atom is -0.334 e. The molecule has 1 aliphatic heterocycles. The van der Waals surface area contributed by atoms with Gasteiger partial charge in [-0.15, -0.1) is 11.3 Å². The molecule has 1 aliphatic rings. The molecule has 3 rings (SSSR count). The van der Waals surface area contributed by atoms with E-state index >= 15 is 0 Å². The van der Waals surface area contributed by atoms with Crippen molar-refractivity contribution >= 4 is 17.2 Å². The number of amides is 1. The molecule has 0 saturated carbocycles. The normalized spacial score (nSPS) is 17.6. The Bertz CT molecular complexity index is 707. The van der Waals surface area contributed by atoms with Crippen molar-refractivity contribution in [3.63, 3.8) is 0 Å². The molecule has 1 atom stereocenters. The van der Waals surface area contributed by atoms with Crippen LogP contribution in [0, 0.1) is 0 Å². The maximum Gasteiger partial charge on any atom is 0.347 e. The Morgan fingerprint density at radius 3 is 3.14 bits per heavy atom. The zero-order valence-corrected chi connectivity index (χ0v) is 12.7. The van der Waals surface area contributed by atoms with Gasteiger partial charge in [-0.05, 0) is 35.9 Å². The first kappa shape index (κ1) is 14.0. The quantitative estimate of drug-likeness (QED) is 0.869. The van der Waals surface area contributed by atoms with E-state index < -0.39 is 0 Å². The summed E-state index contributed by atoms with van der Waals surface area (Å²) in [5.74, 6) is -0.0196. The predicted molar refractivity (Wildman–Crippen MR) is 81.3 cm³/mol. The van der Waals surface area contributed by atoms with Crippen LogP contribution in [-0.2, 0) is 17.8 Å². The van der Waals surface area contributed by atoms with Gasteiger partial charge in [0.1, 0.15) is 6.54 Å². The third kappa shape index (κ3) is 2.63. The van der Waals surface area contributed by atoms with Crippen molar-refractivity contribution in [2.75, 3.05) is 6.54 Å². The smallest absolute Gasteiger partial charge is 0.334 e. The van der Waals surface area contributed by atoms with Gasteiger partial charge in [-0.2, -0.15) is 0 Å². The van der Waals surface area contributed by atoms with Crippen LogP contribution in [0.1, 0.15) is 29.8 Å². The largest absolute Gasteiger partial charge is 0.347 e. The molecule has 110 valence electrons. The SMILES string of the molecule is CC[C@@H]1c2ccsc2CCN1C(=O)Cn1cccnc1=O. The van der Waals surface area contributed by atoms with Gasteiger partial charge < -0.3 is 4.90 Å². The van der Waals surface area contributed by atoms with Gasteiger partial charge in [-0.3, -0.25) is 9.36 Å². The third-order valence-corrected chi connectivity index (χ3v) is 4.89. The Balaban J connectivity index is 1.82. The molecule has 0 unspecified atom stereocenters. The van der Waals surface area contributed by atoms with Gasteiger partial charge in [0.25, 0.3) is 0 Å². The summed E-state index contributed by atoms with van der Waals surface area (Å²) in [6, 6.07) is 3.91.